The molecule has 126 valence electrons. The molecule has 0 saturated heterocycles. The molecule has 9 heteroatoms. The molecule has 3 heterocycles. The summed E-state index contributed by atoms with van der Waals surface area (Å²) in [5, 5.41) is 15.6. The Bertz CT molecular complexity index is 885. The van der Waals surface area contributed by atoms with Crippen LogP contribution in [0.5, 0.6) is 0 Å². The van der Waals surface area contributed by atoms with E-state index in [0.717, 1.165) is 21.5 Å². The highest BCUT2D eigenvalue weighted by Gasteiger charge is 2.15. The first kappa shape index (κ1) is 16.8. The summed E-state index contributed by atoms with van der Waals surface area (Å²) in [6.45, 7) is 8.15. The highest BCUT2D eigenvalue weighted by Crippen LogP contribution is 2.27. The molecular weight excluding hydrogens is 344 g/mol. The monoisotopic (exact) mass is 362 g/mol. The number of nitrogens with one attached hydrogen (secondary N) is 1. The van der Waals surface area contributed by atoms with Crippen LogP contribution >= 0.6 is 23.1 Å². The quantitative estimate of drug-likeness (QED) is 0.554. The minimum Gasteiger partial charge on any atom is -0.295 e. The minimum absolute atomic E-state index is 0.308. The topological polar surface area (TPSA) is 85.1 Å². The van der Waals surface area contributed by atoms with Crippen molar-refractivity contribution >= 4 is 39.8 Å². The molecule has 0 aliphatic heterocycles. The zero-order valence-corrected chi connectivity index (χ0v) is 15.5. The zero-order valence-electron chi connectivity index (χ0n) is 13.9. The predicted octanol–water partition coefficient (Wildman–Crippen LogP) is 3.20. The molecule has 3 rings (SSSR count). The zero-order chi connectivity index (χ0) is 17.3. The fraction of sp³-hybridized carbons (Fsp3) is 0.400. The highest BCUT2D eigenvalue weighted by atomic mass is 32.2. The van der Waals surface area contributed by atoms with E-state index in [1.165, 1.54) is 11.3 Å². The maximum Gasteiger partial charge on any atom is 0.278 e. The smallest absolute Gasteiger partial charge is 0.278 e. The third-order valence-electron chi connectivity index (χ3n) is 3.13. The van der Waals surface area contributed by atoms with Crippen molar-refractivity contribution in [2.24, 2.45) is 5.92 Å². The van der Waals surface area contributed by atoms with E-state index < -0.39 is 0 Å². The Kier molecular flexibility index (Phi) is 4.81. The number of fused-ring (bicyclic) bond motifs is 1. The van der Waals surface area contributed by atoms with Gasteiger partial charge in [0.15, 0.2) is 15.7 Å². The molecule has 0 fully saturated rings. The Morgan fingerprint density at radius 2 is 2.12 bits per heavy atom. The summed E-state index contributed by atoms with van der Waals surface area (Å²) in [5.74, 6) is 1.24. The molecule has 0 spiro atoms. The van der Waals surface area contributed by atoms with E-state index in [1.54, 1.807) is 22.3 Å². The number of rotatable bonds is 5. The van der Waals surface area contributed by atoms with Crippen molar-refractivity contribution in [3.63, 3.8) is 0 Å². The highest BCUT2D eigenvalue weighted by molar-refractivity contribution is 8.01. The average molecular weight is 362 g/mol. The van der Waals surface area contributed by atoms with Gasteiger partial charge >= 0.3 is 0 Å². The van der Waals surface area contributed by atoms with Crippen molar-refractivity contribution < 1.29 is 4.79 Å². The standard InChI is InChI=1S/C15H18N6OS2/c1-8(2)7-23-15-19-18-14(24-15)17-13(22)11-6-12-16-9(3)5-10(4)21(12)20-11/h5-6,8H,7H2,1-4H3,(H,17,18,22). The lowest BCUT2D eigenvalue weighted by Crippen LogP contribution is -2.12. The summed E-state index contributed by atoms with van der Waals surface area (Å²) in [5.41, 5.74) is 2.79. The van der Waals surface area contributed by atoms with Crippen LogP contribution in [0.1, 0.15) is 35.7 Å². The number of anilines is 1. The van der Waals surface area contributed by atoms with Crippen LogP contribution in [0.3, 0.4) is 0 Å². The van der Waals surface area contributed by atoms with Crippen LogP contribution in [0.15, 0.2) is 16.5 Å². The number of aromatic nitrogens is 5. The molecule has 0 atom stereocenters. The number of amides is 1. The van der Waals surface area contributed by atoms with Crippen molar-refractivity contribution in [2.45, 2.75) is 32.0 Å². The summed E-state index contributed by atoms with van der Waals surface area (Å²) < 4.78 is 2.51. The first-order valence-corrected chi connectivity index (χ1v) is 9.34. The van der Waals surface area contributed by atoms with Gasteiger partial charge in [-0.3, -0.25) is 10.1 Å². The van der Waals surface area contributed by atoms with Gasteiger partial charge in [0, 0.05) is 23.2 Å². The van der Waals surface area contributed by atoms with Gasteiger partial charge in [-0.15, -0.1) is 10.2 Å². The molecule has 1 amide bonds. The largest absolute Gasteiger partial charge is 0.295 e. The molecule has 1 N–H and O–H groups in total. The Hall–Kier alpha value is -2.00. The summed E-state index contributed by atoms with van der Waals surface area (Å²) in [4.78, 5) is 16.8. The molecule has 0 aromatic carbocycles. The second kappa shape index (κ2) is 6.86. The summed E-state index contributed by atoms with van der Waals surface area (Å²) in [6.07, 6.45) is 0. The fourth-order valence-electron chi connectivity index (χ4n) is 2.12. The molecule has 0 saturated carbocycles. The van der Waals surface area contributed by atoms with E-state index in [4.69, 9.17) is 0 Å². The molecule has 24 heavy (non-hydrogen) atoms. The van der Waals surface area contributed by atoms with Crippen LogP contribution < -0.4 is 5.32 Å². The number of thioether (sulfide) groups is 1. The van der Waals surface area contributed by atoms with Crippen LogP contribution in [0, 0.1) is 19.8 Å². The molecule has 0 bridgehead atoms. The van der Waals surface area contributed by atoms with Gasteiger partial charge in [0.05, 0.1) is 0 Å². The van der Waals surface area contributed by atoms with Gasteiger partial charge in [-0.2, -0.15) is 5.10 Å². The molecule has 3 aromatic rings. The second-order valence-electron chi connectivity index (χ2n) is 5.87. The number of hydrogen-bond donors (Lipinski definition) is 1. The molecule has 3 aromatic heterocycles. The van der Waals surface area contributed by atoms with Gasteiger partial charge in [-0.25, -0.2) is 9.50 Å². The van der Waals surface area contributed by atoms with E-state index in [2.05, 4.69) is 39.4 Å². The lowest BCUT2D eigenvalue weighted by Gasteiger charge is -1.99. The summed E-state index contributed by atoms with van der Waals surface area (Å²) in [7, 11) is 0. The average Bonchev–Trinajstić information content (AvgIpc) is 3.11. The maximum absolute atomic E-state index is 12.4. The minimum atomic E-state index is -0.311. The third kappa shape index (κ3) is 3.73. The molecular formula is C15H18N6OS2. The molecule has 0 radical (unpaired) electrons. The molecule has 0 aliphatic rings. The van der Waals surface area contributed by atoms with Crippen molar-refractivity contribution in [1.29, 1.82) is 0 Å². The van der Waals surface area contributed by atoms with Crippen molar-refractivity contribution in [1.82, 2.24) is 24.8 Å². The van der Waals surface area contributed by atoms with Crippen molar-refractivity contribution in [3.8, 4) is 0 Å². The SMILES string of the molecule is Cc1cc(C)n2nc(C(=O)Nc3nnc(SCC(C)C)s3)cc2n1. The lowest BCUT2D eigenvalue weighted by atomic mass is 10.3. The van der Waals surface area contributed by atoms with E-state index in [-0.39, 0.29) is 5.91 Å². The second-order valence-corrected chi connectivity index (χ2v) is 8.12. The number of aryl methyl sites for hydroxylation is 2. The van der Waals surface area contributed by atoms with E-state index in [1.807, 2.05) is 19.9 Å². The molecule has 0 unspecified atom stereocenters. The van der Waals surface area contributed by atoms with Crippen LogP contribution in [-0.2, 0) is 0 Å². The van der Waals surface area contributed by atoms with Crippen molar-refractivity contribution in [2.75, 3.05) is 11.1 Å². The lowest BCUT2D eigenvalue weighted by molar-refractivity contribution is 0.102. The van der Waals surface area contributed by atoms with Gasteiger partial charge in [0.2, 0.25) is 5.13 Å². The maximum atomic E-state index is 12.4. The fourth-order valence-corrected chi connectivity index (χ4v) is 3.84. The third-order valence-corrected chi connectivity index (χ3v) is 5.53. The molecule has 0 aliphatic carbocycles. The van der Waals surface area contributed by atoms with Gasteiger partial charge in [-0.05, 0) is 25.8 Å². The van der Waals surface area contributed by atoms with Gasteiger partial charge in [-0.1, -0.05) is 36.9 Å². The first-order chi connectivity index (χ1) is 11.4. The van der Waals surface area contributed by atoms with Crippen LogP contribution in [-0.4, -0.2) is 36.5 Å². The number of carbonyl (C=O) groups excluding carboxylic acids is 1. The van der Waals surface area contributed by atoms with Crippen LogP contribution in [0.25, 0.3) is 5.65 Å². The van der Waals surface area contributed by atoms with E-state index in [0.29, 0.717) is 22.4 Å². The van der Waals surface area contributed by atoms with E-state index in [9.17, 15) is 4.79 Å². The van der Waals surface area contributed by atoms with E-state index >= 15 is 0 Å². The first-order valence-electron chi connectivity index (χ1n) is 7.54. The van der Waals surface area contributed by atoms with Crippen LogP contribution in [0.4, 0.5) is 5.13 Å². The summed E-state index contributed by atoms with van der Waals surface area (Å²) >= 11 is 3.01. The Balaban J connectivity index is 1.74. The van der Waals surface area contributed by atoms with Crippen molar-refractivity contribution in [3.05, 3.63) is 29.2 Å². The predicted molar refractivity (Wildman–Crippen MR) is 95.9 cm³/mol. The Labute approximate surface area is 147 Å². The number of nitrogens with zero attached hydrogens (tertiary/aromatic N) is 5. The number of hydrogen-bond acceptors (Lipinski definition) is 7. The Morgan fingerprint density at radius 1 is 1.33 bits per heavy atom. The van der Waals surface area contributed by atoms with Gasteiger partial charge < -0.3 is 0 Å². The number of carbonyl (C=O) groups is 1. The summed E-state index contributed by atoms with van der Waals surface area (Å²) in [6, 6.07) is 3.59. The Morgan fingerprint density at radius 3 is 2.88 bits per heavy atom. The van der Waals surface area contributed by atoms with Gasteiger partial charge in [0.1, 0.15) is 0 Å². The van der Waals surface area contributed by atoms with Gasteiger partial charge in [0.25, 0.3) is 5.91 Å². The normalized spacial score (nSPS) is 11.4. The van der Waals surface area contributed by atoms with Crippen LogP contribution in [0.2, 0.25) is 0 Å². The molecule has 7 nitrogen and oxygen atoms in total.